The molecule has 0 nitrogen and oxygen atoms in total. The summed E-state index contributed by atoms with van der Waals surface area (Å²) in [5.41, 5.74) is 2.95. The van der Waals surface area contributed by atoms with Crippen molar-refractivity contribution in [1.29, 1.82) is 0 Å². The van der Waals surface area contributed by atoms with Gasteiger partial charge in [0.25, 0.3) is 0 Å². The molecule has 0 unspecified atom stereocenters. The van der Waals surface area contributed by atoms with Crippen molar-refractivity contribution in [3.63, 3.8) is 0 Å². The van der Waals surface area contributed by atoms with E-state index in [2.05, 4.69) is 37.8 Å². The molecule has 0 heteroatoms. The highest BCUT2D eigenvalue weighted by Crippen LogP contribution is 2.11. The first-order valence-electron chi connectivity index (χ1n) is 6.55. The van der Waals surface area contributed by atoms with Gasteiger partial charge in [-0.2, -0.15) is 0 Å². The number of rotatable bonds is 8. The van der Waals surface area contributed by atoms with E-state index in [4.69, 9.17) is 0 Å². The Kier molecular flexibility index (Phi) is 6.64. The van der Waals surface area contributed by atoms with Crippen molar-refractivity contribution in [2.45, 2.75) is 51.9 Å². The smallest absolute Gasteiger partial charge is 0.0276 e. The van der Waals surface area contributed by atoms with Gasteiger partial charge in [-0.3, -0.25) is 0 Å². The fraction of sp³-hybridized carbons (Fsp3) is 0.500. The zero-order chi connectivity index (χ0) is 11.6. The van der Waals surface area contributed by atoms with Gasteiger partial charge in [-0.05, 0) is 43.2 Å². The van der Waals surface area contributed by atoms with Crippen LogP contribution in [0.3, 0.4) is 0 Å². The number of hydrogen-bond acceptors (Lipinski definition) is 0. The van der Waals surface area contributed by atoms with E-state index in [9.17, 15) is 0 Å². The van der Waals surface area contributed by atoms with Crippen molar-refractivity contribution in [2.75, 3.05) is 0 Å². The second kappa shape index (κ2) is 8.15. The van der Waals surface area contributed by atoms with Gasteiger partial charge in [0.1, 0.15) is 0 Å². The number of allylic oxidation sites excluding steroid dienone is 1. The third-order valence-electron chi connectivity index (χ3n) is 2.97. The first-order valence-corrected chi connectivity index (χ1v) is 6.55. The lowest BCUT2D eigenvalue weighted by atomic mass is 10.0. The van der Waals surface area contributed by atoms with Crippen molar-refractivity contribution in [3.8, 4) is 0 Å². The summed E-state index contributed by atoms with van der Waals surface area (Å²) < 4.78 is 0. The predicted molar refractivity (Wildman–Crippen MR) is 72.8 cm³/mol. The van der Waals surface area contributed by atoms with Gasteiger partial charge in [-0.1, -0.05) is 50.1 Å². The summed E-state index contributed by atoms with van der Waals surface area (Å²) in [5, 5.41) is 0. The van der Waals surface area contributed by atoms with Crippen LogP contribution in [0.5, 0.6) is 0 Å². The summed E-state index contributed by atoms with van der Waals surface area (Å²) >= 11 is 0. The average molecular weight is 216 g/mol. The topological polar surface area (TPSA) is 0 Å². The van der Waals surface area contributed by atoms with Gasteiger partial charge in [0.05, 0.1) is 0 Å². The Bertz CT molecular complexity index is 281. The molecule has 1 aromatic carbocycles. The van der Waals surface area contributed by atoms with Crippen LogP contribution in [0.4, 0.5) is 0 Å². The quantitative estimate of drug-likeness (QED) is 0.427. The van der Waals surface area contributed by atoms with E-state index in [0.29, 0.717) is 0 Å². The standard InChI is InChI=1S/C16H24/c1-3-5-7-9-15-11-13-16(14-12-15)10-8-6-4-2/h3,11-14H,1,4-10H2,2H3. The van der Waals surface area contributed by atoms with Gasteiger partial charge in [-0.15, -0.1) is 6.58 Å². The Balaban J connectivity index is 2.32. The largest absolute Gasteiger partial charge is 0.103 e. The van der Waals surface area contributed by atoms with Crippen molar-refractivity contribution in [3.05, 3.63) is 48.0 Å². The summed E-state index contributed by atoms with van der Waals surface area (Å²) in [6.07, 6.45) is 10.7. The molecule has 0 radical (unpaired) electrons. The molecule has 16 heavy (non-hydrogen) atoms. The Hall–Kier alpha value is -1.04. The number of benzene rings is 1. The van der Waals surface area contributed by atoms with Crippen LogP contribution in [0.2, 0.25) is 0 Å². The van der Waals surface area contributed by atoms with E-state index in [1.54, 1.807) is 0 Å². The molecule has 0 atom stereocenters. The maximum absolute atomic E-state index is 3.75. The highest BCUT2D eigenvalue weighted by molar-refractivity contribution is 5.22. The lowest BCUT2D eigenvalue weighted by Crippen LogP contribution is -1.88. The van der Waals surface area contributed by atoms with Crippen LogP contribution < -0.4 is 0 Å². The minimum absolute atomic E-state index is 1.12. The first-order chi connectivity index (χ1) is 7.86. The molecule has 0 aliphatic heterocycles. The van der Waals surface area contributed by atoms with E-state index in [1.807, 2.05) is 6.08 Å². The molecule has 0 heterocycles. The van der Waals surface area contributed by atoms with Gasteiger partial charge in [0.2, 0.25) is 0 Å². The molecule has 0 N–H and O–H groups in total. The van der Waals surface area contributed by atoms with Crippen molar-refractivity contribution in [2.24, 2.45) is 0 Å². The van der Waals surface area contributed by atoms with E-state index >= 15 is 0 Å². The SMILES string of the molecule is C=CCCCc1ccc(CCCCC)cc1. The first kappa shape index (κ1) is 13.0. The second-order valence-corrected chi connectivity index (χ2v) is 4.45. The molecule has 1 aromatic rings. The normalized spacial score (nSPS) is 10.3. The monoisotopic (exact) mass is 216 g/mol. The highest BCUT2D eigenvalue weighted by Gasteiger charge is 1.95. The third kappa shape index (κ3) is 5.16. The van der Waals surface area contributed by atoms with Crippen molar-refractivity contribution in [1.82, 2.24) is 0 Å². The molecule has 0 aliphatic rings. The van der Waals surface area contributed by atoms with Gasteiger partial charge >= 0.3 is 0 Å². The van der Waals surface area contributed by atoms with Gasteiger partial charge in [0.15, 0.2) is 0 Å². The zero-order valence-corrected chi connectivity index (χ0v) is 10.5. The molecule has 0 spiro atoms. The lowest BCUT2D eigenvalue weighted by molar-refractivity contribution is 0.717. The zero-order valence-electron chi connectivity index (χ0n) is 10.5. The molecule has 0 aliphatic carbocycles. The Morgan fingerprint density at radius 2 is 1.50 bits per heavy atom. The Morgan fingerprint density at radius 1 is 0.938 bits per heavy atom. The maximum Gasteiger partial charge on any atom is -0.0276 e. The minimum Gasteiger partial charge on any atom is -0.103 e. The predicted octanol–water partition coefficient (Wildman–Crippen LogP) is 4.93. The molecule has 0 fully saturated rings. The van der Waals surface area contributed by atoms with E-state index in [-0.39, 0.29) is 0 Å². The van der Waals surface area contributed by atoms with Crippen LogP contribution in [0, 0.1) is 0 Å². The number of aryl methyl sites for hydroxylation is 2. The molecule has 0 saturated carbocycles. The fourth-order valence-electron chi connectivity index (χ4n) is 1.90. The van der Waals surface area contributed by atoms with E-state index in [0.717, 1.165) is 6.42 Å². The molecule has 0 saturated heterocycles. The summed E-state index contributed by atoms with van der Waals surface area (Å²) in [5.74, 6) is 0. The molecule has 0 amide bonds. The molecule has 0 bridgehead atoms. The van der Waals surface area contributed by atoms with Crippen molar-refractivity contribution < 1.29 is 0 Å². The van der Waals surface area contributed by atoms with Crippen LogP contribution in [-0.2, 0) is 12.8 Å². The maximum atomic E-state index is 3.75. The van der Waals surface area contributed by atoms with Crippen LogP contribution >= 0.6 is 0 Å². The minimum atomic E-state index is 1.12. The van der Waals surface area contributed by atoms with E-state index in [1.165, 1.54) is 49.7 Å². The molecule has 88 valence electrons. The van der Waals surface area contributed by atoms with E-state index < -0.39 is 0 Å². The van der Waals surface area contributed by atoms with Crippen molar-refractivity contribution >= 4 is 0 Å². The van der Waals surface area contributed by atoms with Gasteiger partial charge < -0.3 is 0 Å². The summed E-state index contributed by atoms with van der Waals surface area (Å²) in [6.45, 7) is 6.00. The molecule has 0 aromatic heterocycles. The molecular weight excluding hydrogens is 192 g/mol. The Morgan fingerprint density at radius 3 is 2.00 bits per heavy atom. The van der Waals surface area contributed by atoms with Crippen LogP contribution in [0.1, 0.15) is 50.2 Å². The summed E-state index contributed by atoms with van der Waals surface area (Å²) in [7, 11) is 0. The van der Waals surface area contributed by atoms with Crippen LogP contribution in [0.25, 0.3) is 0 Å². The fourth-order valence-corrected chi connectivity index (χ4v) is 1.90. The number of hydrogen-bond donors (Lipinski definition) is 0. The Labute approximate surface area is 100 Å². The highest BCUT2D eigenvalue weighted by atomic mass is 14.0. The molecule has 1 rings (SSSR count). The summed E-state index contributed by atoms with van der Waals surface area (Å²) in [6, 6.07) is 9.15. The third-order valence-corrected chi connectivity index (χ3v) is 2.97. The van der Waals surface area contributed by atoms with Crippen LogP contribution in [-0.4, -0.2) is 0 Å². The van der Waals surface area contributed by atoms with Gasteiger partial charge in [-0.25, -0.2) is 0 Å². The number of unbranched alkanes of at least 4 members (excludes halogenated alkanes) is 3. The molecular formula is C16H24. The van der Waals surface area contributed by atoms with Gasteiger partial charge in [0, 0.05) is 0 Å². The second-order valence-electron chi connectivity index (χ2n) is 4.45. The average Bonchev–Trinajstić information content (AvgIpc) is 2.32. The van der Waals surface area contributed by atoms with Crippen LogP contribution in [0.15, 0.2) is 36.9 Å². The lowest BCUT2D eigenvalue weighted by Gasteiger charge is -2.03. The summed E-state index contributed by atoms with van der Waals surface area (Å²) in [4.78, 5) is 0.